The van der Waals surface area contributed by atoms with Crippen molar-refractivity contribution in [3.8, 4) is 0 Å². The quantitative estimate of drug-likeness (QED) is 0.803. The Hall–Kier alpha value is -1.95. The molecule has 0 bridgehead atoms. The van der Waals surface area contributed by atoms with Crippen molar-refractivity contribution in [3.63, 3.8) is 0 Å². The van der Waals surface area contributed by atoms with E-state index in [1.54, 1.807) is 12.4 Å². The van der Waals surface area contributed by atoms with Gasteiger partial charge in [0.15, 0.2) is 0 Å². The highest BCUT2D eigenvalue weighted by atomic mass is 79.9. The molecule has 6 heteroatoms. The van der Waals surface area contributed by atoms with E-state index in [1.807, 2.05) is 30.3 Å². The van der Waals surface area contributed by atoms with Crippen LogP contribution in [0.25, 0.3) is 0 Å². The Morgan fingerprint density at radius 3 is 2.52 bits per heavy atom. The smallest absolute Gasteiger partial charge is 0.303 e. The van der Waals surface area contributed by atoms with Crippen LogP contribution in [0.1, 0.15) is 18.4 Å². The SMILES string of the molecule is O=C(O)CCC(Cc1ccccc1)Nc1ncc(Br)cn1. The van der Waals surface area contributed by atoms with E-state index in [2.05, 4.69) is 31.2 Å². The van der Waals surface area contributed by atoms with E-state index in [0.29, 0.717) is 12.4 Å². The molecule has 0 aliphatic carbocycles. The van der Waals surface area contributed by atoms with Crippen LogP contribution in [0.2, 0.25) is 0 Å². The van der Waals surface area contributed by atoms with Gasteiger partial charge in [-0.25, -0.2) is 9.97 Å². The first kappa shape index (κ1) is 15.4. The number of anilines is 1. The molecule has 1 aromatic carbocycles. The van der Waals surface area contributed by atoms with Crippen molar-refractivity contribution in [1.29, 1.82) is 0 Å². The zero-order valence-corrected chi connectivity index (χ0v) is 13.0. The number of rotatable bonds is 7. The highest BCUT2D eigenvalue weighted by Crippen LogP contribution is 2.13. The van der Waals surface area contributed by atoms with E-state index in [-0.39, 0.29) is 12.5 Å². The number of hydrogen-bond acceptors (Lipinski definition) is 4. The molecule has 0 aliphatic rings. The van der Waals surface area contributed by atoms with Crippen LogP contribution in [-0.4, -0.2) is 27.1 Å². The second-order valence-corrected chi connectivity index (χ2v) is 5.60. The number of hydrogen-bond donors (Lipinski definition) is 2. The van der Waals surface area contributed by atoms with E-state index in [9.17, 15) is 4.79 Å². The Kier molecular flexibility index (Phi) is 5.68. The largest absolute Gasteiger partial charge is 0.481 e. The molecule has 1 unspecified atom stereocenters. The molecule has 0 radical (unpaired) electrons. The molecule has 0 saturated carbocycles. The van der Waals surface area contributed by atoms with Crippen LogP contribution in [0.4, 0.5) is 5.95 Å². The number of carboxylic acids is 1. The standard InChI is InChI=1S/C15H16BrN3O2/c16-12-9-17-15(18-10-12)19-13(6-7-14(20)21)8-11-4-2-1-3-5-11/h1-5,9-10,13H,6-8H2,(H,20,21)(H,17,18,19). The van der Waals surface area contributed by atoms with Crippen molar-refractivity contribution in [1.82, 2.24) is 9.97 Å². The average molecular weight is 350 g/mol. The van der Waals surface area contributed by atoms with Crippen LogP contribution in [-0.2, 0) is 11.2 Å². The lowest BCUT2D eigenvalue weighted by molar-refractivity contribution is -0.137. The third-order valence-corrected chi connectivity index (χ3v) is 3.39. The summed E-state index contributed by atoms with van der Waals surface area (Å²) in [6.07, 6.45) is 4.68. The molecular formula is C15H16BrN3O2. The van der Waals surface area contributed by atoms with Crippen molar-refractivity contribution in [3.05, 3.63) is 52.8 Å². The monoisotopic (exact) mass is 349 g/mol. The Morgan fingerprint density at radius 1 is 1.24 bits per heavy atom. The highest BCUT2D eigenvalue weighted by Gasteiger charge is 2.13. The molecule has 21 heavy (non-hydrogen) atoms. The normalized spacial score (nSPS) is 11.9. The summed E-state index contributed by atoms with van der Waals surface area (Å²) in [7, 11) is 0. The van der Waals surface area contributed by atoms with Gasteiger partial charge in [-0.3, -0.25) is 4.79 Å². The zero-order chi connectivity index (χ0) is 15.1. The van der Waals surface area contributed by atoms with Gasteiger partial charge >= 0.3 is 5.97 Å². The second-order valence-electron chi connectivity index (χ2n) is 4.69. The maximum Gasteiger partial charge on any atom is 0.303 e. The topological polar surface area (TPSA) is 75.1 Å². The molecule has 2 aromatic rings. The number of halogens is 1. The second kappa shape index (κ2) is 7.73. The fourth-order valence-corrected chi connectivity index (χ4v) is 2.20. The summed E-state index contributed by atoms with van der Waals surface area (Å²) < 4.78 is 0.804. The van der Waals surface area contributed by atoms with E-state index in [0.717, 1.165) is 16.5 Å². The first-order valence-corrected chi connectivity index (χ1v) is 7.42. The molecule has 0 saturated heterocycles. The zero-order valence-electron chi connectivity index (χ0n) is 11.4. The Labute approximate surface area is 131 Å². The molecule has 0 amide bonds. The van der Waals surface area contributed by atoms with Gasteiger partial charge < -0.3 is 10.4 Å². The minimum Gasteiger partial charge on any atom is -0.481 e. The molecule has 1 atom stereocenters. The molecule has 110 valence electrons. The third-order valence-electron chi connectivity index (χ3n) is 2.99. The van der Waals surface area contributed by atoms with Crippen molar-refractivity contribution >= 4 is 27.8 Å². The van der Waals surface area contributed by atoms with E-state index in [4.69, 9.17) is 5.11 Å². The maximum absolute atomic E-state index is 10.8. The maximum atomic E-state index is 10.8. The average Bonchev–Trinajstić information content (AvgIpc) is 2.48. The predicted molar refractivity (Wildman–Crippen MR) is 84.2 cm³/mol. The number of carboxylic acid groups (broad SMARTS) is 1. The number of carbonyl (C=O) groups is 1. The van der Waals surface area contributed by atoms with E-state index >= 15 is 0 Å². The predicted octanol–water partition coefficient (Wildman–Crippen LogP) is 3.13. The van der Waals surface area contributed by atoms with Crippen molar-refractivity contribution < 1.29 is 9.90 Å². The van der Waals surface area contributed by atoms with Crippen LogP contribution >= 0.6 is 15.9 Å². The lowest BCUT2D eigenvalue weighted by atomic mass is 10.0. The molecule has 2 N–H and O–H groups in total. The minimum absolute atomic E-state index is 0.0234. The highest BCUT2D eigenvalue weighted by molar-refractivity contribution is 9.10. The molecule has 1 heterocycles. The lowest BCUT2D eigenvalue weighted by Gasteiger charge is -2.18. The van der Waals surface area contributed by atoms with Gasteiger partial charge in [0.1, 0.15) is 0 Å². The molecular weight excluding hydrogens is 334 g/mol. The summed E-state index contributed by atoms with van der Waals surface area (Å²) in [6.45, 7) is 0. The van der Waals surface area contributed by atoms with Crippen molar-refractivity contribution in [2.75, 3.05) is 5.32 Å². The molecule has 0 aliphatic heterocycles. The summed E-state index contributed by atoms with van der Waals surface area (Å²) >= 11 is 3.28. The number of nitrogens with one attached hydrogen (secondary N) is 1. The summed E-state index contributed by atoms with van der Waals surface area (Å²) in [4.78, 5) is 19.1. The van der Waals surface area contributed by atoms with Crippen LogP contribution in [0.5, 0.6) is 0 Å². The number of aromatic nitrogens is 2. The Balaban J connectivity index is 2.04. The number of benzene rings is 1. The van der Waals surface area contributed by atoms with Gasteiger partial charge in [-0.2, -0.15) is 0 Å². The van der Waals surface area contributed by atoms with Gasteiger partial charge in [0.2, 0.25) is 5.95 Å². The molecule has 1 aromatic heterocycles. The van der Waals surface area contributed by atoms with Crippen LogP contribution in [0.15, 0.2) is 47.2 Å². The lowest BCUT2D eigenvalue weighted by Crippen LogP contribution is -2.24. The van der Waals surface area contributed by atoms with Crippen LogP contribution in [0, 0.1) is 0 Å². The fraction of sp³-hybridized carbons (Fsp3) is 0.267. The fourth-order valence-electron chi connectivity index (χ4n) is 1.99. The minimum atomic E-state index is -0.799. The van der Waals surface area contributed by atoms with Crippen LogP contribution < -0.4 is 5.32 Å². The third kappa shape index (κ3) is 5.51. The Bertz CT molecular complexity index is 575. The van der Waals surface area contributed by atoms with E-state index < -0.39 is 5.97 Å². The first-order valence-electron chi connectivity index (χ1n) is 6.63. The van der Waals surface area contributed by atoms with Gasteiger partial charge in [-0.15, -0.1) is 0 Å². The first-order chi connectivity index (χ1) is 10.1. The number of aliphatic carboxylic acids is 1. The summed E-state index contributed by atoms with van der Waals surface area (Å²) in [5.74, 6) is -0.295. The summed E-state index contributed by atoms with van der Waals surface area (Å²) in [6, 6.07) is 9.93. The van der Waals surface area contributed by atoms with Gasteiger partial charge in [0, 0.05) is 24.9 Å². The molecule has 0 spiro atoms. The number of nitrogens with zero attached hydrogens (tertiary/aromatic N) is 2. The Morgan fingerprint density at radius 2 is 1.90 bits per heavy atom. The van der Waals surface area contributed by atoms with Gasteiger partial charge in [0.25, 0.3) is 0 Å². The molecule has 5 nitrogen and oxygen atoms in total. The molecule has 2 rings (SSSR count). The van der Waals surface area contributed by atoms with Gasteiger partial charge in [-0.1, -0.05) is 30.3 Å². The summed E-state index contributed by atoms with van der Waals surface area (Å²) in [5, 5.41) is 12.1. The van der Waals surface area contributed by atoms with E-state index in [1.165, 1.54) is 0 Å². The van der Waals surface area contributed by atoms with Crippen molar-refractivity contribution in [2.24, 2.45) is 0 Å². The van der Waals surface area contributed by atoms with Gasteiger partial charge in [-0.05, 0) is 34.3 Å². The van der Waals surface area contributed by atoms with Crippen molar-refractivity contribution in [2.45, 2.75) is 25.3 Å². The van der Waals surface area contributed by atoms with Gasteiger partial charge in [0.05, 0.1) is 4.47 Å². The molecule has 0 fully saturated rings. The van der Waals surface area contributed by atoms with Crippen LogP contribution in [0.3, 0.4) is 0 Å². The summed E-state index contributed by atoms with van der Waals surface area (Å²) in [5.41, 5.74) is 1.15.